The van der Waals surface area contributed by atoms with E-state index in [2.05, 4.69) is 5.32 Å². The van der Waals surface area contributed by atoms with Gasteiger partial charge in [0.15, 0.2) is 5.82 Å². The van der Waals surface area contributed by atoms with Gasteiger partial charge in [-0.3, -0.25) is 9.59 Å². The van der Waals surface area contributed by atoms with Crippen LogP contribution in [0.4, 0.5) is 10.1 Å². The van der Waals surface area contributed by atoms with Gasteiger partial charge in [0.25, 0.3) is 0 Å². The Kier molecular flexibility index (Phi) is 4.23. The van der Waals surface area contributed by atoms with Gasteiger partial charge in [-0.1, -0.05) is 38.4 Å². The van der Waals surface area contributed by atoms with Crippen molar-refractivity contribution < 1.29 is 14.0 Å². The molecule has 1 aromatic carbocycles. The summed E-state index contributed by atoms with van der Waals surface area (Å²) < 4.78 is 14.2. The molecule has 1 saturated heterocycles. The molecule has 1 atom stereocenters. The SMILES string of the molecule is CC(C)(C)C1NC(=O)CCN(c2cccc(Cl)c2F)C1=O. The van der Waals surface area contributed by atoms with E-state index in [0.717, 1.165) is 0 Å². The molecule has 0 aromatic heterocycles. The van der Waals surface area contributed by atoms with E-state index in [1.165, 1.54) is 17.0 Å². The van der Waals surface area contributed by atoms with Crippen molar-refractivity contribution in [1.82, 2.24) is 5.32 Å². The summed E-state index contributed by atoms with van der Waals surface area (Å²) in [6, 6.07) is 3.80. The zero-order chi connectivity index (χ0) is 15.8. The number of benzene rings is 1. The molecule has 0 spiro atoms. The molecule has 1 aliphatic heterocycles. The molecule has 1 heterocycles. The molecule has 1 N–H and O–H groups in total. The maximum absolute atomic E-state index is 14.2. The topological polar surface area (TPSA) is 49.4 Å². The van der Waals surface area contributed by atoms with Gasteiger partial charge in [0.1, 0.15) is 6.04 Å². The molecule has 1 aliphatic rings. The molecule has 1 aromatic rings. The number of hydrogen-bond acceptors (Lipinski definition) is 2. The summed E-state index contributed by atoms with van der Waals surface area (Å²) in [5, 5.41) is 2.67. The lowest BCUT2D eigenvalue weighted by molar-refractivity contribution is -0.127. The average molecular weight is 313 g/mol. The van der Waals surface area contributed by atoms with Gasteiger partial charge in [-0.15, -0.1) is 0 Å². The van der Waals surface area contributed by atoms with Gasteiger partial charge >= 0.3 is 0 Å². The van der Waals surface area contributed by atoms with Gasteiger partial charge in [-0.05, 0) is 17.5 Å². The lowest BCUT2D eigenvalue weighted by atomic mass is 9.86. The molecule has 0 aliphatic carbocycles. The Labute approximate surface area is 128 Å². The molecule has 1 unspecified atom stereocenters. The Morgan fingerprint density at radius 1 is 1.33 bits per heavy atom. The average Bonchev–Trinajstić information content (AvgIpc) is 2.53. The summed E-state index contributed by atoms with van der Waals surface area (Å²) in [5.41, 5.74) is -0.358. The predicted octanol–water partition coefficient (Wildman–Crippen LogP) is 2.75. The van der Waals surface area contributed by atoms with E-state index in [4.69, 9.17) is 11.6 Å². The van der Waals surface area contributed by atoms with Crippen molar-refractivity contribution in [3.8, 4) is 0 Å². The third kappa shape index (κ3) is 3.18. The van der Waals surface area contributed by atoms with E-state index in [1.807, 2.05) is 20.8 Å². The van der Waals surface area contributed by atoms with Gasteiger partial charge in [-0.25, -0.2) is 4.39 Å². The van der Waals surface area contributed by atoms with Gasteiger partial charge < -0.3 is 10.2 Å². The van der Waals surface area contributed by atoms with E-state index < -0.39 is 17.3 Å². The number of halogens is 2. The van der Waals surface area contributed by atoms with Crippen LogP contribution >= 0.6 is 11.6 Å². The molecule has 6 heteroatoms. The molecule has 2 amide bonds. The van der Waals surface area contributed by atoms with Crippen LogP contribution in [0.5, 0.6) is 0 Å². The highest BCUT2D eigenvalue weighted by Gasteiger charge is 2.39. The number of rotatable bonds is 1. The normalized spacial score (nSPS) is 20.2. The van der Waals surface area contributed by atoms with Crippen molar-refractivity contribution in [2.24, 2.45) is 5.41 Å². The Morgan fingerprint density at radius 2 is 2.00 bits per heavy atom. The number of carbonyl (C=O) groups is 2. The molecular weight excluding hydrogens is 295 g/mol. The quantitative estimate of drug-likeness (QED) is 0.867. The van der Waals surface area contributed by atoms with Gasteiger partial charge in [0, 0.05) is 13.0 Å². The number of amides is 2. The Hall–Kier alpha value is -1.62. The van der Waals surface area contributed by atoms with Crippen molar-refractivity contribution >= 4 is 29.1 Å². The van der Waals surface area contributed by atoms with Crippen molar-refractivity contribution in [2.75, 3.05) is 11.4 Å². The summed E-state index contributed by atoms with van der Waals surface area (Å²) in [6.45, 7) is 5.70. The third-order valence-corrected chi connectivity index (χ3v) is 3.76. The summed E-state index contributed by atoms with van der Waals surface area (Å²) >= 11 is 5.78. The first kappa shape index (κ1) is 15.8. The van der Waals surface area contributed by atoms with Crippen LogP contribution in [0.1, 0.15) is 27.2 Å². The first-order valence-corrected chi connectivity index (χ1v) is 7.14. The zero-order valence-corrected chi connectivity index (χ0v) is 13.0. The van der Waals surface area contributed by atoms with Gasteiger partial charge in [-0.2, -0.15) is 0 Å². The number of anilines is 1. The van der Waals surface area contributed by atoms with Crippen molar-refractivity contribution in [3.63, 3.8) is 0 Å². The largest absolute Gasteiger partial charge is 0.344 e. The van der Waals surface area contributed by atoms with Crippen LogP contribution < -0.4 is 10.2 Å². The summed E-state index contributed by atoms with van der Waals surface area (Å²) in [6.07, 6.45) is 0.129. The van der Waals surface area contributed by atoms with Crippen LogP contribution in [0.3, 0.4) is 0 Å². The van der Waals surface area contributed by atoms with Crippen LogP contribution in [0, 0.1) is 11.2 Å². The number of carbonyl (C=O) groups excluding carboxylic acids is 2. The van der Waals surface area contributed by atoms with E-state index in [-0.39, 0.29) is 35.5 Å². The van der Waals surface area contributed by atoms with Crippen molar-refractivity contribution in [2.45, 2.75) is 33.2 Å². The standard InChI is InChI=1S/C15H18ClFN2O2/c1-15(2,3)13-14(21)19(8-7-11(20)18-13)10-6-4-5-9(16)12(10)17/h4-6,13H,7-8H2,1-3H3,(H,18,20). The third-order valence-electron chi connectivity index (χ3n) is 3.47. The van der Waals surface area contributed by atoms with E-state index >= 15 is 0 Å². The fourth-order valence-electron chi connectivity index (χ4n) is 2.30. The van der Waals surface area contributed by atoms with Crippen LogP contribution in [0.25, 0.3) is 0 Å². The minimum absolute atomic E-state index is 0.0452. The lowest BCUT2D eigenvalue weighted by Crippen LogP contribution is -2.52. The van der Waals surface area contributed by atoms with Gasteiger partial charge in [0.2, 0.25) is 11.8 Å². The second kappa shape index (κ2) is 5.64. The van der Waals surface area contributed by atoms with E-state index in [0.29, 0.717) is 0 Å². The molecule has 0 bridgehead atoms. The second-order valence-corrected chi connectivity index (χ2v) is 6.59. The van der Waals surface area contributed by atoms with Crippen LogP contribution in [-0.2, 0) is 9.59 Å². The van der Waals surface area contributed by atoms with Crippen LogP contribution in [0.15, 0.2) is 18.2 Å². The first-order chi connectivity index (χ1) is 9.71. The second-order valence-electron chi connectivity index (χ2n) is 6.18. The molecule has 21 heavy (non-hydrogen) atoms. The molecule has 2 rings (SSSR count). The molecule has 114 valence electrons. The fraction of sp³-hybridized carbons (Fsp3) is 0.467. The first-order valence-electron chi connectivity index (χ1n) is 6.76. The highest BCUT2D eigenvalue weighted by Crippen LogP contribution is 2.30. The smallest absolute Gasteiger partial charge is 0.250 e. The van der Waals surface area contributed by atoms with E-state index in [1.54, 1.807) is 6.07 Å². The number of nitrogens with zero attached hydrogens (tertiary/aromatic N) is 1. The minimum atomic E-state index is -0.703. The summed E-state index contributed by atoms with van der Waals surface area (Å²) in [4.78, 5) is 25.8. The van der Waals surface area contributed by atoms with Gasteiger partial charge in [0.05, 0.1) is 10.7 Å². The minimum Gasteiger partial charge on any atom is -0.344 e. The maximum atomic E-state index is 14.2. The van der Waals surface area contributed by atoms with Crippen molar-refractivity contribution in [1.29, 1.82) is 0 Å². The Bertz CT molecular complexity index is 584. The van der Waals surface area contributed by atoms with Crippen molar-refractivity contribution in [3.05, 3.63) is 29.0 Å². The molecule has 0 radical (unpaired) electrons. The number of hydrogen-bond donors (Lipinski definition) is 1. The van der Waals surface area contributed by atoms with Crippen LogP contribution in [-0.4, -0.2) is 24.4 Å². The number of nitrogens with one attached hydrogen (secondary N) is 1. The predicted molar refractivity (Wildman–Crippen MR) is 79.8 cm³/mol. The zero-order valence-electron chi connectivity index (χ0n) is 12.2. The Morgan fingerprint density at radius 3 is 2.62 bits per heavy atom. The van der Waals surface area contributed by atoms with E-state index in [9.17, 15) is 14.0 Å². The maximum Gasteiger partial charge on any atom is 0.250 e. The Balaban J connectivity index is 2.45. The molecule has 0 saturated carbocycles. The highest BCUT2D eigenvalue weighted by atomic mass is 35.5. The summed E-state index contributed by atoms with van der Waals surface area (Å²) in [7, 11) is 0. The highest BCUT2D eigenvalue weighted by molar-refractivity contribution is 6.31. The lowest BCUT2D eigenvalue weighted by Gasteiger charge is -2.32. The molecular formula is C15H18ClFN2O2. The molecule has 1 fully saturated rings. The molecule has 4 nitrogen and oxygen atoms in total. The fourth-order valence-corrected chi connectivity index (χ4v) is 2.47. The monoisotopic (exact) mass is 312 g/mol. The summed E-state index contributed by atoms with van der Waals surface area (Å²) in [5.74, 6) is -1.18. The van der Waals surface area contributed by atoms with Crippen LogP contribution in [0.2, 0.25) is 5.02 Å².